The summed E-state index contributed by atoms with van der Waals surface area (Å²) in [6, 6.07) is 4.13. The number of hydrogen-bond donors (Lipinski definition) is 0. The molecule has 0 saturated carbocycles. The second-order valence-electron chi connectivity index (χ2n) is 4.47. The predicted octanol–water partition coefficient (Wildman–Crippen LogP) is 2.44. The molecule has 0 N–H and O–H groups in total. The first kappa shape index (κ1) is 11.4. The summed E-state index contributed by atoms with van der Waals surface area (Å²) in [4.78, 5) is 14.7. The van der Waals surface area contributed by atoms with Gasteiger partial charge in [0.05, 0.1) is 6.20 Å². The van der Waals surface area contributed by atoms with Crippen LogP contribution in [0.2, 0.25) is 5.02 Å². The first-order valence-corrected chi connectivity index (χ1v) is 6.26. The van der Waals surface area contributed by atoms with Gasteiger partial charge < -0.3 is 4.90 Å². The van der Waals surface area contributed by atoms with E-state index in [2.05, 4.69) is 32.0 Å². The van der Waals surface area contributed by atoms with Crippen LogP contribution in [0.4, 0.5) is 5.82 Å². The van der Waals surface area contributed by atoms with Gasteiger partial charge in [-0.1, -0.05) is 11.6 Å². The molecule has 3 rings (SSSR count). The monoisotopic (exact) mass is 260 g/mol. The zero-order chi connectivity index (χ0) is 12.5. The van der Waals surface area contributed by atoms with Crippen molar-refractivity contribution in [1.82, 2.24) is 15.0 Å². The Kier molecular flexibility index (Phi) is 2.88. The molecule has 4 nitrogen and oxygen atoms in total. The highest BCUT2D eigenvalue weighted by Crippen LogP contribution is 2.33. The van der Waals surface area contributed by atoms with Crippen molar-refractivity contribution < 1.29 is 0 Å². The van der Waals surface area contributed by atoms with E-state index in [1.165, 1.54) is 5.56 Å². The van der Waals surface area contributed by atoms with E-state index in [0.29, 0.717) is 10.9 Å². The molecule has 1 aliphatic rings. The van der Waals surface area contributed by atoms with Crippen molar-refractivity contribution in [3.05, 3.63) is 47.1 Å². The Labute approximate surface area is 111 Å². The van der Waals surface area contributed by atoms with Gasteiger partial charge in [-0.15, -0.1) is 0 Å². The van der Waals surface area contributed by atoms with E-state index in [1.54, 1.807) is 6.20 Å². The minimum Gasteiger partial charge on any atom is -0.354 e. The van der Waals surface area contributed by atoms with Crippen molar-refractivity contribution in [3.63, 3.8) is 0 Å². The molecule has 2 aromatic heterocycles. The number of nitrogens with zero attached hydrogens (tertiary/aromatic N) is 4. The first-order valence-electron chi connectivity index (χ1n) is 5.88. The molecule has 0 aromatic carbocycles. The standard InChI is InChI=1S/C13H13ClN4/c1-9-16-6-12(14)13(17-9)18-7-11(8-18)10-2-4-15-5-3-10/h2-6,11H,7-8H2,1H3. The van der Waals surface area contributed by atoms with Crippen LogP contribution in [0.1, 0.15) is 17.3 Å². The molecule has 0 radical (unpaired) electrons. The van der Waals surface area contributed by atoms with Gasteiger partial charge in [0, 0.05) is 31.4 Å². The maximum Gasteiger partial charge on any atom is 0.151 e. The van der Waals surface area contributed by atoms with Crippen molar-refractivity contribution in [2.75, 3.05) is 18.0 Å². The summed E-state index contributed by atoms with van der Waals surface area (Å²) in [6.45, 7) is 3.76. The molecular weight excluding hydrogens is 248 g/mol. The topological polar surface area (TPSA) is 41.9 Å². The largest absolute Gasteiger partial charge is 0.354 e. The van der Waals surface area contributed by atoms with Crippen LogP contribution in [-0.4, -0.2) is 28.0 Å². The Morgan fingerprint density at radius 2 is 2.00 bits per heavy atom. The Morgan fingerprint density at radius 1 is 1.28 bits per heavy atom. The third-order valence-electron chi connectivity index (χ3n) is 3.20. The van der Waals surface area contributed by atoms with E-state index in [1.807, 2.05) is 19.3 Å². The fraction of sp³-hybridized carbons (Fsp3) is 0.308. The summed E-state index contributed by atoms with van der Waals surface area (Å²) in [6.07, 6.45) is 5.33. The van der Waals surface area contributed by atoms with Crippen molar-refractivity contribution in [2.24, 2.45) is 0 Å². The summed E-state index contributed by atoms with van der Waals surface area (Å²) in [5.41, 5.74) is 1.32. The van der Waals surface area contributed by atoms with Crippen LogP contribution >= 0.6 is 11.6 Å². The van der Waals surface area contributed by atoms with Gasteiger partial charge in [0.25, 0.3) is 0 Å². The van der Waals surface area contributed by atoms with Gasteiger partial charge in [0.1, 0.15) is 10.8 Å². The average molecular weight is 261 g/mol. The molecule has 1 aliphatic heterocycles. The number of aryl methyl sites for hydroxylation is 1. The molecule has 0 amide bonds. The maximum atomic E-state index is 6.12. The van der Waals surface area contributed by atoms with Gasteiger partial charge in [-0.05, 0) is 24.6 Å². The normalized spacial score (nSPS) is 15.6. The van der Waals surface area contributed by atoms with Crippen LogP contribution in [0.25, 0.3) is 0 Å². The number of pyridine rings is 1. The highest BCUT2D eigenvalue weighted by atomic mass is 35.5. The van der Waals surface area contributed by atoms with Gasteiger partial charge in [0.2, 0.25) is 0 Å². The molecule has 1 saturated heterocycles. The van der Waals surface area contributed by atoms with E-state index in [0.717, 1.165) is 24.7 Å². The van der Waals surface area contributed by atoms with Crippen LogP contribution < -0.4 is 4.90 Å². The summed E-state index contributed by atoms with van der Waals surface area (Å²) in [5.74, 6) is 2.13. The fourth-order valence-corrected chi connectivity index (χ4v) is 2.37. The van der Waals surface area contributed by atoms with Crippen molar-refractivity contribution >= 4 is 17.4 Å². The third-order valence-corrected chi connectivity index (χ3v) is 3.47. The van der Waals surface area contributed by atoms with E-state index in [9.17, 15) is 0 Å². The lowest BCUT2D eigenvalue weighted by Crippen LogP contribution is -2.45. The van der Waals surface area contributed by atoms with Gasteiger partial charge >= 0.3 is 0 Å². The van der Waals surface area contributed by atoms with E-state index >= 15 is 0 Å². The molecule has 92 valence electrons. The minimum atomic E-state index is 0.541. The molecule has 2 aromatic rings. The van der Waals surface area contributed by atoms with Gasteiger partial charge in [0.15, 0.2) is 5.82 Å². The Balaban J connectivity index is 1.74. The number of anilines is 1. The molecule has 0 aliphatic carbocycles. The van der Waals surface area contributed by atoms with Crippen LogP contribution in [0, 0.1) is 6.92 Å². The van der Waals surface area contributed by atoms with Gasteiger partial charge in [-0.3, -0.25) is 4.98 Å². The number of rotatable bonds is 2. The minimum absolute atomic E-state index is 0.541. The Morgan fingerprint density at radius 3 is 2.72 bits per heavy atom. The fourth-order valence-electron chi connectivity index (χ4n) is 2.16. The SMILES string of the molecule is Cc1ncc(Cl)c(N2CC(c3ccncc3)C2)n1. The summed E-state index contributed by atoms with van der Waals surface area (Å²) in [5, 5.41) is 0.619. The molecule has 0 bridgehead atoms. The van der Waals surface area contributed by atoms with Crippen LogP contribution in [-0.2, 0) is 0 Å². The molecule has 0 spiro atoms. The zero-order valence-electron chi connectivity index (χ0n) is 10.0. The van der Waals surface area contributed by atoms with Crippen LogP contribution in [0.3, 0.4) is 0 Å². The lowest BCUT2D eigenvalue weighted by Gasteiger charge is -2.40. The van der Waals surface area contributed by atoms with Crippen LogP contribution in [0.5, 0.6) is 0 Å². The highest BCUT2D eigenvalue weighted by Gasteiger charge is 2.30. The van der Waals surface area contributed by atoms with Crippen LogP contribution in [0.15, 0.2) is 30.7 Å². The van der Waals surface area contributed by atoms with E-state index in [-0.39, 0.29) is 0 Å². The van der Waals surface area contributed by atoms with Crippen molar-refractivity contribution in [2.45, 2.75) is 12.8 Å². The first-order chi connectivity index (χ1) is 8.74. The Bertz CT molecular complexity index is 552. The highest BCUT2D eigenvalue weighted by molar-refractivity contribution is 6.32. The molecule has 3 heterocycles. The smallest absolute Gasteiger partial charge is 0.151 e. The van der Waals surface area contributed by atoms with Crippen molar-refractivity contribution in [1.29, 1.82) is 0 Å². The third kappa shape index (κ3) is 2.04. The maximum absolute atomic E-state index is 6.12. The second-order valence-corrected chi connectivity index (χ2v) is 4.88. The summed E-state index contributed by atoms with van der Waals surface area (Å²) < 4.78 is 0. The number of hydrogen-bond acceptors (Lipinski definition) is 4. The molecular formula is C13H13ClN4. The zero-order valence-corrected chi connectivity index (χ0v) is 10.8. The predicted molar refractivity (Wildman–Crippen MR) is 71.0 cm³/mol. The molecule has 0 atom stereocenters. The molecule has 1 fully saturated rings. The molecule has 5 heteroatoms. The van der Waals surface area contributed by atoms with E-state index in [4.69, 9.17) is 11.6 Å². The summed E-state index contributed by atoms with van der Waals surface area (Å²) in [7, 11) is 0. The molecule has 18 heavy (non-hydrogen) atoms. The van der Waals surface area contributed by atoms with Crippen molar-refractivity contribution in [3.8, 4) is 0 Å². The van der Waals surface area contributed by atoms with Gasteiger partial charge in [-0.25, -0.2) is 9.97 Å². The lowest BCUT2D eigenvalue weighted by molar-refractivity contribution is 0.518. The quantitative estimate of drug-likeness (QED) is 0.832. The number of halogens is 1. The Hall–Kier alpha value is -1.68. The van der Waals surface area contributed by atoms with E-state index < -0.39 is 0 Å². The average Bonchev–Trinajstić information content (AvgIpc) is 2.33. The van der Waals surface area contributed by atoms with Gasteiger partial charge in [-0.2, -0.15) is 0 Å². The molecule has 0 unspecified atom stereocenters. The lowest BCUT2D eigenvalue weighted by atomic mass is 9.92. The number of aromatic nitrogens is 3. The summed E-state index contributed by atoms with van der Waals surface area (Å²) >= 11 is 6.12. The second kappa shape index (κ2) is 4.53.